The minimum Gasteiger partial charge on any atom is -0.496 e. The summed E-state index contributed by atoms with van der Waals surface area (Å²) in [5, 5.41) is 2.40. The topological polar surface area (TPSA) is 106 Å². The Morgan fingerprint density at radius 2 is 1.68 bits per heavy atom. The molecule has 2 heterocycles. The van der Waals surface area contributed by atoms with E-state index < -0.39 is 10.2 Å². The van der Waals surface area contributed by atoms with E-state index in [2.05, 4.69) is 41.9 Å². The van der Waals surface area contributed by atoms with Crippen molar-refractivity contribution >= 4 is 16.3 Å². The first-order chi connectivity index (χ1) is 10.3. The van der Waals surface area contributed by atoms with Crippen molar-refractivity contribution in [3.05, 3.63) is 54.4 Å². The van der Waals surface area contributed by atoms with E-state index in [4.69, 9.17) is 23.4 Å². The second kappa shape index (κ2) is 6.43. The smallest absolute Gasteiger partial charge is 0.214 e. The van der Waals surface area contributed by atoms with Crippen LogP contribution in [0.4, 0.5) is 0 Å². The molecule has 116 valence electrons. The van der Waals surface area contributed by atoms with Crippen molar-refractivity contribution in [2.75, 3.05) is 7.11 Å². The van der Waals surface area contributed by atoms with Gasteiger partial charge in [-0.3, -0.25) is 0 Å². The molecule has 1 aromatic carbocycles. The average Bonchev–Trinajstić information content (AvgIpc) is 2.45. The number of rotatable bonds is 1. The van der Waals surface area contributed by atoms with Crippen LogP contribution in [0.2, 0.25) is 0 Å². The summed E-state index contributed by atoms with van der Waals surface area (Å²) >= 11 is 0. The molecule has 3 rings (SSSR count). The molecule has 6 nitrogen and oxygen atoms in total. The molecule has 0 saturated carbocycles. The molecule has 0 bridgehead atoms. The van der Waals surface area contributed by atoms with Gasteiger partial charge in [0.2, 0.25) is 5.52 Å². The highest BCUT2D eigenvalue weighted by Crippen LogP contribution is 2.28. The molecule has 7 heteroatoms. The predicted octanol–water partition coefficient (Wildman–Crippen LogP) is -1.86. The fourth-order valence-corrected chi connectivity index (χ4v) is 2.39. The molecule has 0 radical (unpaired) electrons. The van der Waals surface area contributed by atoms with Crippen LogP contribution in [0.5, 0.6) is 5.75 Å². The maximum Gasteiger partial charge on any atom is 0.214 e. The number of pyridine rings is 2. The number of benzene rings is 1. The number of nitrogens with zero attached hydrogens (tertiary/aromatic N) is 1. The first-order valence-corrected chi connectivity index (χ1v) is 7.53. The summed E-state index contributed by atoms with van der Waals surface area (Å²) in [6.45, 7) is 2.14. The van der Waals surface area contributed by atoms with Crippen LogP contribution < -0.4 is 27.8 Å². The number of halogens is 1. The molecule has 0 saturated heterocycles. The van der Waals surface area contributed by atoms with E-state index in [0.29, 0.717) is 0 Å². The Hall–Kier alpha value is -1.96. The Labute approximate surface area is 129 Å². The number of hydrogen-bond donors (Lipinski definition) is 0. The van der Waals surface area contributed by atoms with Gasteiger partial charge in [0.05, 0.1) is 12.5 Å². The van der Waals surface area contributed by atoms with Gasteiger partial charge in [-0.05, 0) is 25.1 Å². The van der Waals surface area contributed by atoms with Gasteiger partial charge < -0.3 is 4.74 Å². The summed E-state index contributed by atoms with van der Waals surface area (Å²) in [7, 11) is -3.23. The van der Waals surface area contributed by atoms with Crippen LogP contribution >= 0.6 is 0 Å². The van der Waals surface area contributed by atoms with Crippen LogP contribution in [0.1, 0.15) is 5.56 Å². The number of methoxy groups -OCH3 is 1. The van der Waals surface area contributed by atoms with E-state index in [1.165, 1.54) is 21.9 Å². The van der Waals surface area contributed by atoms with Crippen LogP contribution in [0.15, 0.2) is 48.8 Å². The summed E-state index contributed by atoms with van der Waals surface area (Å²) in [5.74, 6) is 0.936. The second-order valence-electron chi connectivity index (χ2n) is 4.55. The summed E-state index contributed by atoms with van der Waals surface area (Å²) in [6.07, 6.45) is 4.21. The van der Waals surface area contributed by atoms with Crippen LogP contribution in [0, 0.1) is 17.2 Å². The lowest BCUT2D eigenvalue weighted by Gasteiger charge is -2.17. The van der Waals surface area contributed by atoms with E-state index in [1.54, 1.807) is 7.11 Å². The Balaban J connectivity index is 0.000000309. The zero-order valence-corrected chi connectivity index (χ0v) is 12.7. The maximum absolute atomic E-state index is 8.49. The number of hydrogen-bond acceptors (Lipinski definition) is 5. The summed E-state index contributed by atoms with van der Waals surface area (Å²) in [5.41, 5.74) is 2.46. The quantitative estimate of drug-likeness (QED) is 0.386. The van der Waals surface area contributed by atoms with Crippen LogP contribution in [0.3, 0.4) is 0 Å². The van der Waals surface area contributed by atoms with Gasteiger partial charge in [0.1, 0.15) is 5.75 Å². The van der Waals surface area contributed by atoms with Gasteiger partial charge in [-0.15, -0.1) is 10.2 Å². The van der Waals surface area contributed by atoms with Gasteiger partial charge in [0.15, 0.2) is 12.4 Å². The molecule has 0 aliphatic rings. The van der Waals surface area contributed by atoms with Crippen molar-refractivity contribution in [2.24, 2.45) is 0 Å². The molecule has 0 fully saturated rings. The van der Waals surface area contributed by atoms with Gasteiger partial charge >= 0.3 is 0 Å². The average molecular weight is 324 g/mol. The minimum atomic E-state index is -4.94. The zero-order chi connectivity index (χ0) is 16.3. The standard InChI is InChI=1S/C15H14NO.ClHO4/c1-11-13-7-3-4-9-16(13)10-12-6-5-8-14(17-2)15(11)12;2-1(3,4)5/h3-10H,1-2H3;(H,2,3,4,5)/q+1;/p-1. The molecule has 0 aliphatic heterocycles. The highest BCUT2D eigenvalue weighted by molar-refractivity contribution is 5.93. The highest BCUT2D eigenvalue weighted by Gasteiger charge is 2.13. The van der Waals surface area contributed by atoms with E-state index in [-0.39, 0.29) is 0 Å². The van der Waals surface area contributed by atoms with Gasteiger partial charge in [-0.25, -0.2) is 18.6 Å². The Kier molecular flexibility index (Phi) is 4.80. The van der Waals surface area contributed by atoms with Crippen LogP contribution in [-0.2, 0) is 0 Å². The van der Waals surface area contributed by atoms with Gasteiger partial charge in [0.25, 0.3) is 0 Å². The van der Waals surface area contributed by atoms with Gasteiger partial charge in [-0.2, -0.15) is 4.40 Å². The van der Waals surface area contributed by atoms with Crippen molar-refractivity contribution < 1.29 is 38.0 Å². The molecule has 0 N–H and O–H groups in total. The lowest BCUT2D eigenvalue weighted by Crippen LogP contribution is -2.68. The molecule has 0 amide bonds. The SMILES string of the molecule is COc1cccc2c[n+]3ccccc3c(C)c12.[O-][Cl+3]([O-])([O-])[O-]. The Morgan fingerprint density at radius 3 is 2.32 bits per heavy atom. The fourth-order valence-electron chi connectivity index (χ4n) is 2.39. The first-order valence-electron chi connectivity index (χ1n) is 6.29. The molecule has 22 heavy (non-hydrogen) atoms. The number of aryl methyl sites for hydroxylation is 1. The van der Waals surface area contributed by atoms with Gasteiger partial charge in [0, 0.05) is 23.1 Å². The lowest BCUT2D eigenvalue weighted by atomic mass is 10.1. The lowest BCUT2D eigenvalue weighted by molar-refractivity contribution is -2.00. The summed E-state index contributed by atoms with van der Waals surface area (Å²) < 4.78 is 41.6. The van der Waals surface area contributed by atoms with Gasteiger partial charge in [-0.1, -0.05) is 6.07 Å². The van der Waals surface area contributed by atoms with E-state index in [9.17, 15) is 0 Å². The minimum absolute atomic E-state index is 0.936. The fraction of sp³-hybridized carbons (Fsp3) is 0.133. The van der Waals surface area contributed by atoms with E-state index in [0.717, 1.165) is 5.75 Å². The number of ether oxygens (including phenoxy) is 1. The van der Waals surface area contributed by atoms with E-state index in [1.807, 2.05) is 18.2 Å². The molecule has 0 spiro atoms. The number of aromatic nitrogens is 1. The van der Waals surface area contributed by atoms with Crippen molar-refractivity contribution in [3.63, 3.8) is 0 Å². The highest BCUT2D eigenvalue weighted by atomic mass is 35.7. The van der Waals surface area contributed by atoms with E-state index >= 15 is 0 Å². The van der Waals surface area contributed by atoms with Crippen LogP contribution in [0.25, 0.3) is 16.3 Å². The molecular weight excluding hydrogens is 310 g/mol. The monoisotopic (exact) mass is 323 g/mol. The molecule has 0 atom stereocenters. The molecule has 0 aliphatic carbocycles. The Morgan fingerprint density at radius 1 is 1.00 bits per heavy atom. The second-order valence-corrected chi connectivity index (χ2v) is 5.31. The third-order valence-electron chi connectivity index (χ3n) is 3.21. The number of fused-ring (bicyclic) bond motifs is 2. The Bertz CT molecular complexity index is 795. The molecule has 3 aromatic rings. The largest absolute Gasteiger partial charge is 0.496 e. The van der Waals surface area contributed by atoms with Crippen LogP contribution in [-0.4, -0.2) is 7.11 Å². The molecule has 0 unspecified atom stereocenters. The third-order valence-corrected chi connectivity index (χ3v) is 3.21. The van der Waals surface area contributed by atoms with Crippen molar-refractivity contribution in [1.29, 1.82) is 0 Å². The van der Waals surface area contributed by atoms with Crippen molar-refractivity contribution in [1.82, 2.24) is 0 Å². The first kappa shape index (κ1) is 16.4. The summed E-state index contributed by atoms with van der Waals surface area (Å²) in [4.78, 5) is 0. The predicted molar refractivity (Wildman–Crippen MR) is 68.4 cm³/mol. The third kappa shape index (κ3) is 3.82. The summed E-state index contributed by atoms with van der Waals surface area (Å²) in [6, 6.07) is 12.4. The maximum atomic E-state index is 8.49. The van der Waals surface area contributed by atoms with Crippen molar-refractivity contribution in [2.45, 2.75) is 6.92 Å². The molecular formula is C15H14ClNO5. The van der Waals surface area contributed by atoms with Crippen molar-refractivity contribution in [3.8, 4) is 5.75 Å². The zero-order valence-electron chi connectivity index (χ0n) is 12.0. The molecule has 2 aromatic heterocycles. The normalized spacial score (nSPS) is 11.2.